The first-order valence-corrected chi connectivity index (χ1v) is 12.8. The maximum absolute atomic E-state index is 12.8. The number of rotatable bonds is 4. The van der Waals surface area contributed by atoms with Crippen molar-refractivity contribution < 1.29 is 18.8 Å². The number of hydrogen-bond donors (Lipinski definition) is 0. The molecule has 156 valence electrons. The quantitative estimate of drug-likeness (QED) is 0.465. The first-order chi connectivity index (χ1) is 12.8. The van der Waals surface area contributed by atoms with E-state index < -0.39 is 20.0 Å². The average Bonchev–Trinajstić information content (AvgIpc) is 2.58. The Hall–Kier alpha value is -1.63. The number of amides is 1. The molecule has 0 saturated heterocycles. The third kappa shape index (κ3) is 5.93. The summed E-state index contributed by atoms with van der Waals surface area (Å²) in [6.45, 7) is 17.0. The summed E-state index contributed by atoms with van der Waals surface area (Å²) in [6.07, 6.45) is 3.14. The van der Waals surface area contributed by atoms with Gasteiger partial charge in [0.05, 0.1) is 6.61 Å². The van der Waals surface area contributed by atoms with Crippen LogP contribution < -0.4 is 0 Å². The van der Waals surface area contributed by atoms with E-state index in [4.69, 9.17) is 14.0 Å². The van der Waals surface area contributed by atoms with Crippen molar-refractivity contribution in [2.45, 2.75) is 77.4 Å². The van der Waals surface area contributed by atoms with Crippen LogP contribution in [0.25, 0.3) is 0 Å². The van der Waals surface area contributed by atoms with Gasteiger partial charge in [-0.2, -0.15) is 5.06 Å². The minimum atomic E-state index is -1.91. The SMILES string of the molecule is CC(C)(C)OC(=O)N1O[C@@H](CO[Si](C)(C)C(C)(C)C)C=C[C@H]1c1ccccc1. The summed E-state index contributed by atoms with van der Waals surface area (Å²) >= 11 is 0. The van der Waals surface area contributed by atoms with Gasteiger partial charge in [0, 0.05) is 0 Å². The van der Waals surface area contributed by atoms with Crippen molar-refractivity contribution in [3.05, 3.63) is 48.0 Å². The van der Waals surface area contributed by atoms with E-state index in [9.17, 15) is 4.79 Å². The van der Waals surface area contributed by atoms with Crippen molar-refractivity contribution in [1.82, 2.24) is 5.06 Å². The third-order valence-corrected chi connectivity index (χ3v) is 9.64. The molecule has 0 spiro atoms. The molecule has 5 nitrogen and oxygen atoms in total. The fraction of sp³-hybridized carbons (Fsp3) is 0.591. The van der Waals surface area contributed by atoms with Gasteiger partial charge in [0.25, 0.3) is 0 Å². The molecule has 1 amide bonds. The van der Waals surface area contributed by atoms with Crippen LogP contribution in [0.4, 0.5) is 4.79 Å². The number of ether oxygens (including phenoxy) is 1. The molecule has 0 aromatic heterocycles. The molecule has 1 aromatic rings. The number of carbonyl (C=O) groups is 1. The summed E-state index contributed by atoms with van der Waals surface area (Å²) in [5.41, 5.74) is 0.365. The smallest absolute Gasteiger partial charge is 0.435 e. The maximum Gasteiger partial charge on any atom is 0.435 e. The minimum Gasteiger partial charge on any atom is -0.442 e. The second-order valence-electron chi connectivity index (χ2n) is 9.76. The van der Waals surface area contributed by atoms with Crippen molar-refractivity contribution in [2.75, 3.05) is 6.61 Å². The number of hydroxylamine groups is 2. The molecule has 6 heteroatoms. The molecule has 2 rings (SSSR count). The lowest BCUT2D eigenvalue weighted by molar-refractivity contribution is -0.198. The summed E-state index contributed by atoms with van der Waals surface area (Å²) in [4.78, 5) is 18.9. The van der Waals surface area contributed by atoms with Crippen molar-refractivity contribution in [1.29, 1.82) is 0 Å². The zero-order valence-corrected chi connectivity index (χ0v) is 19.5. The molecule has 0 radical (unpaired) electrons. The van der Waals surface area contributed by atoms with Crippen molar-refractivity contribution in [2.24, 2.45) is 0 Å². The molecule has 0 N–H and O–H groups in total. The molecule has 0 aliphatic carbocycles. The van der Waals surface area contributed by atoms with Gasteiger partial charge in [0.1, 0.15) is 17.7 Å². The Kier molecular flexibility index (Phi) is 6.79. The predicted octanol–water partition coefficient (Wildman–Crippen LogP) is 5.86. The number of benzene rings is 1. The fourth-order valence-electron chi connectivity index (χ4n) is 2.51. The molecule has 1 aromatic carbocycles. The van der Waals surface area contributed by atoms with E-state index in [2.05, 4.69) is 33.9 Å². The summed E-state index contributed by atoms with van der Waals surface area (Å²) in [7, 11) is -1.91. The van der Waals surface area contributed by atoms with Crippen LogP contribution in [-0.2, 0) is 14.0 Å². The van der Waals surface area contributed by atoms with E-state index in [-0.39, 0.29) is 17.2 Å². The monoisotopic (exact) mass is 405 g/mol. The van der Waals surface area contributed by atoms with Crippen molar-refractivity contribution in [3.63, 3.8) is 0 Å². The van der Waals surface area contributed by atoms with Gasteiger partial charge < -0.3 is 9.16 Å². The Morgan fingerprint density at radius 3 is 2.21 bits per heavy atom. The lowest BCUT2D eigenvalue weighted by Gasteiger charge is -2.39. The highest BCUT2D eigenvalue weighted by Crippen LogP contribution is 2.37. The van der Waals surface area contributed by atoms with Crippen LogP contribution in [-0.4, -0.2) is 37.8 Å². The van der Waals surface area contributed by atoms with Gasteiger partial charge in [-0.3, -0.25) is 4.84 Å². The second-order valence-corrected chi connectivity index (χ2v) is 14.6. The van der Waals surface area contributed by atoms with Gasteiger partial charge in [-0.1, -0.05) is 63.3 Å². The van der Waals surface area contributed by atoms with Crippen LogP contribution in [0, 0.1) is 0 Å². The molecule has 0 fully saturated rings. The third-order valence-electron chi connectivity index (χ3n) is 5.14. The molecule has 28 heavy (non-hydrogen) atoms. The zero-order chi connectivity index (χ0) is 21.2. The second kappa shape index (κ2) is 8.39. The Morgan fingerprint density at radius 2 is 1.68 bits per heavy atom. The van der Waals surface area contributed by atoms with Crippen molar-refractivity contribution in [3.8, 4) is 0 Å². The summed E-state index contributed by atoms with van der Waals surface area (Å²) in [5.74, 6) is 0. The lowest BCUT2D eigenvalue weighted by Crippen LogP contribution is -2.46. The lowest BCUT2D eigenvalue weighted by atomic mass is 10.0. The van der Waals surface area contributed by atoms with Crippen LogP contribution in [0.5, 0.6) is 0 Å². The van der Waals surface area contributed by atoms with E-state index in [0.717, 1.165) is 5.56 Å². The molecule has 0 unspecified atom stereocenters. The summed E-state index contributed by atoms with van der Waals surface area (Å²) in [5, 5.41) is 1.45. The van der Waals surface area contributed by atoms with Crippen LogP contribution in [0.1, 0.15) is 53.1 Å². The maximum atomic E-state index is 12.8. The predicted molar refractivity (Wildman–Crippen MR) is 114 cm³/mol. The first kappa shape index (κ1) is 22.7. The molecule has 0 bridgehead atoms. The Bertz CT molecular complexity index is 689. The normalized spacial score (nSPS) is 20.9. The molecule has 0 saturated carbocycles. The highest BCUT2D eigenvalue weighted by molar-refractivity contribution is 6.74. The van der Waals surface area contributed by atoms with Gasteiger partial charge in [-0.15, -0.1) is 0 Å². The zero-order valence-electron chi connectivity index (χ0n) is 18.5. The van der Waals surface area contributed by atoms with Gasteiger partial charge >= 0.3 is 6.09 Å². The Labute approximate surface area is 170 Å². The van der Waals surface area contributed by atoms with E-state index in [1.54, 1.807) is 0 Å². The largest absolute Gasteiger partial charge is 0.442 e. The van der Waals surface area contributed by atoms with Gasteiger partial charge in [-0.25, -0.2) is 4.79 Å². The van der Waals surface area contributed by atoms with Gasteiger partial charge in [0.2, 0.25) is 0 Å². The number of hydrogen-bond acceptors (Lipinski definition) is 4. The van der Waals surface area contributed by atoms with E-state index >= 15 is 0 Å². The van der Waals surface area contributed by atoms with Crippen LogP contribution in [0.2, 0.25) is 18.1 Å². The highest BCUT2D eigenvalue weighted by atomic mass is 28.4. The fourth-order valence-corrected chi connectivity index (χ4v) is 3.52. The number of carbonyl (C=O) groups excluding carboxylic acids is 1. The highest BCUT2D eigenvalue weighted by Gasteiger charge is 2.39. The first-order valence-electron chi connectivity index (χ1n) is 9.86. The molecule has 1 heterocycles. The van der Waals surface area contributed by atoms with Crippen LogP contribution in [0.3, 0.4) is 0 Å². The standard InChI is InChI=1S/C22H35NO4Si/c1-21(2,3)26-20(24)23-19(17-12-10-9-11-13-17)15-14-18(27-23)16-25-28(7,8)22(4,5)6/h9-15,18-19H,16H2,1-8H3/t18-,19+/m1/s1. The van der Waals surface area contributed by atoms with E-state index in [1.807, 2.05) is 63.3 Å². The molecular formula is C22H35NO4Si. The number of nitrogens with zero attached hydrogens (tertiary/aromatic N) is 1. The van der Waals surface area contributed by atoms with Crippen LogP contribution >= 0.6 is 0 Å². The van der Waals surface area contributed by atoms with Crippen molar-refractivity contribution >= 4 is 14.4 Å². The molecule has 1 aliphatic heterocycles. The average molecular weight is 406 g/mol. The Morgan fingerprint density at radius 1 is 1.07 bits per heavy atom. The topological polar surface area (TPSA) is 48.0 Å². The summed E-state index contributed by atoms with van der Waals surface area (Å²) in [6, 6.07) is 9.46. The van der Waals surface area contributed by atoms with Gasteiger partial charge in [-0.05, 0) is 44.5 Å². The molecule has 1 aliphatic rings. The van der Waals surface area contributed by atoms with E-state index in [0.29, 0.717) is 6.61 Å². The minimum absolute atomic E-state index is 0.114. The Balaban J connectivity index is 2.19. The van der Waals surface area contributed by atoms with E-state index in [1.165, 1.54) is 5.06 Å². The van der Waals surface area contributed by atoms with Crippen LogP contribution in [0.15, 0.2) is 42.5 Å². The molecular weight excluding hydrogens is 370 g/mol. The van der Waals surface area contributed by atoms with Gasteiger partial charge in [0.15, 0.2) is 8.32 Å². The summed E-state index contributed by atoms with van der Waals surface area (Å²) < 4.78 is 11.9. The molecule has 2 atom stereocenters.